The van der Waals surface area contributed by atoms with Crippen LogP contribution >= 0.6 is 23.2 Å². The van der Waals surface area contributed by atoms with Crippen molar-refractivity contribution in [1.82, 2.24) is 0 Å². The second-order valence-electron chi connectivity index (χ2n) is 8.62. The number of benzene rings is 3. The Kier molecular flexibility index (Phi) is 7.67. The number of hydrogen-bond acceptors (Lipinski definition) is 4. The number of hydrogen-bond donors (Lipinski definition) is 1. The van der Waals surface area contributed by atoms with Gasteiger partial charge in [-0.05, 0) is 66.4 Å². The van der Waals surface area contributed by atoms with Crippen LogP contribution in [0.1, 0.15) is 42.3 Å². The van der Waals surface area contributed by atoms with Crippen LogP contribution in [0, 0.1) is 6.92 Å². The molecule has 0 aromatic heterocycles. The minimum atomic E-state index is -0.543. The van der Waals surface area contributed by atoms with Crippen LogP contribution in [-0.2, 0) is 10.2 Å². The van der Waals surface area contributed by atoms with E-state index in [-0.39, 0.29) is 17.9 Å². The van der Waals surface area contributed by atoms with Crippen molar-refractivity contribution in [1.29, 1.82) is 0 Å². The molecule has 1 N–H and O–H groups in total. The predicted molar refractivity (Wildman–Crippen MR) is 132 cm³/mol. The first-order valence-electron chi connectivity index (χ1n) is 10.3. The third kappa shape index (κ3) is 6.73. The lowest BCUT2D eigenvalue weighted by molar-refractivity contribution is -0.136. The van der Waals surface area contributed by atoms with E-state index < -0.39 is 5.97 Å². The van der Waals surface area contributed by atoms with Gasteiger partial charge < -0.3 is 14.8 Å². The fourth-order valence-corrected chi connectivity index (χ4v) is 3.45. The van der Waals surface area contributed by atoms with Crippen LogP contribution in [0.15, 0.2) is 60.7 Å². The molecule has 3 aromatic rings. The Balaban J connectivity index is 1.59. The Morgan fingerprint density at radius 2 is 1.64 bits per heavy atom. The highest BCUT2D eigenvalue weighted by molar-refractivity contribution is 6.35. The van der Waals surface area contributed by atoms with E-state index in [2.05, 4.69) is 32.2 Å². The van der Waals surface area contributed by atoms with E-state index >= 15 is 0 Å². The van der Waals surface area contributed by atoms with Crippen LogP contribution in [0.5, 0.6) is 11.5 Å². The lowest BCUT2D eigenvalue weighted by Gasteiger charge is -2.23. The van der Waals surface area contributed by atoms with Gasteiger partial charge in [0.1, 0.15) is 11.5 Å². The van der Waals surface area contributed by atoms with Gasteiger partial charge in [-0.1, -0.05) is 61.7 Å². The van der Waals surface area contributed by atoms with Gasteiger partial charge in [0.25, 0.3) is 5.91 Å². The van der Waals surface area contributed by atoms with E-state index in [1.165, 1.54) is 0 Å². The fourth-order valence-electron chi connectivity index (χ4n) is 3.12. The van der Waals surface area contributed by atoms with Crippen LogP contribution < -0.4 is 14.8 Å². The summed E-state index contributed by atoms with van der Waals surface area (Å²) in [5.74, 6) is 0.0467. The number of ether oxygens (including phenoxy) is 2. The summed E-state index contributed by atoms with van der Waals surface area (Å²) >= 11 is 12.0. The van der Waals surface area contributed by atoms with Gasteiger partial charge >= 0.3 is 5.97 Å². The first-order valence-corrected chi connectivity index (χ1v) is 11.1. The number of esters is 1. The van der Waals surface area contributed by atoms with Crippen LogP contribution in [-0.4, -0.2) is 18.5 Å². The van der Waals surface area contributed by atoms with Crippen molar-refractivity contribution in [2.45, 2.75) is 33.1 Å². The number of aryl methyl sites for hydroxylation is 1. The summed E-state index contributed by atoms with van der Waals surface area (Å²) in [4.78, 5) is 24.8. The molecular weight excluding hydrogens is 461 g/mol. The Morgan fingerprint density at radius 3 is 2.30 bits per heavy atom. The third-order valence-corrected chi connectivity index (χ3v) is 5.38. The number of carbonyl (C=O) groups is 2. The van der Waals surface area contributed by atoms with E-state index in [0.29, 0.717) is 32.8 Å². The molecule has 0 spiro atoms. The maximum absolute atomic E-state index is 12.5. The molecule has 1 amide bonds. The molecule has 0 bridgehead atoms. The summed E-state index contributed by atoms with van der Waals surface area (Å²) in [6.45, 7) is 8.05. The Morgan fingerprint density at radius 1 is 0.939 bits per heavy atom. The Hall–Kier alpha value is -3.02. The monoisotopic (exact) mass is 485 g/mol. The van der Waals surface area contributed by atoms with Crippen LogP contribution in [0.2, 0.25) is 10.0 Å². The molecule has 0 unspecified atom stereocenters. The highest BCUT2D eigenvalue weighted by atomic mass is 35.5. The zero-order valence-corrected chi connectivity index (χ0v) is 20.4. The molecule has 0 radical (unpaired) electrons. The fraction of sp³-hybridized carbons (Fsp3) is 0.231. The Labute approximate surface area is 203 Å². The van der Waals surface area contributed by atoms with Gasteiger partial charge in [0, 0.05) is 10.6 Å². The molecule has 0 saturated carbocycles. The molecule has 33 heavy (non-hydrogen) atoms. The van der Waals surface area contributed by atoms with Crippen molar-refractivity contribution < 1.29 is 19.1 Å². The molecule has 172 valence electrons. The van der Waals surface area contributed by atoms with Gasteiger partial charge in [0.05, 0.1) is 10.7 Å². The molecule has 0 fully saturated rings. The quantitative estimate of drug-likeness (QED) is 0.306. The molecule has 0 heterocycles. The van der Waals surface area contributed by atoms with Crippen molar-refractivity contribution >= 4 is 40.8 Å². The maximum Gasteiger partial charge on any atom is 0.349 e. The molecule has 0 atom stereocenters. The SMILES string of the molecule is Cc1ccc(OCC(=O)Oc2ccc(C(=O)Nc3cc(Cl)ccc3Cl)cc2)c(C(C)(C)C)c1. The average molecular weight is 486 g/mol. The smallest absolute Gasteiger partial charge is 0.349 e. The van der Waals surface area contributed by atoms with Crippen molar-refractivity contribution in [2.75, 3.05) is 11.9 Å². The second kappa shape index (κ2) is 10.3. The summed E-state index contributed by atoms with van der Waals surface area (Å²) in [7, 11) is 0. The van der Waals surface area contributed by atoms with Crippen molar-refractivity contribution in [3.8, 4) is 11.5 Å². The molecule has 0 aliphatic heterocycles. The molecule has 5 nitrogen and oxygen atoms in total. The number of anilines is 1. The van der Waals surface area contributed by atoms with Gasteiger partial charge in [-0.2, -0.15) is 0 Å². The van der Waals surface area contributed by atoms with E-state index in [0.717, 1.165) is 11.1 Å². The summed E-state index contributed by atoms with van der Waals surface area (Å²) in [6.07, 6.45) is 0. The van der Waals surface area contributed by atoms with Gasteiger partial charge in [-0.15, -0.1) is 0 Å². The van der Waals surface area contributed by atoms with E-state index in [9.17, 15) is 9.59 Å². The highest BCUT2D eigenvalue weighted by Gasteiger charge is 2.20. The van der Waals surface area contributed by atoms with Crippen molar-refractivity contribution in [3.05, 3.63) is 87.4 Å². The zero-order chi connectivity index (χ0) is 24.2. The lowest BCUT2D eigenvalue weighted by Crippen LogP contribution is -2.20. The summed E-state index contributed by atoms with van der Waals surface area (Å²) in [5.41, 5.74) is 2.79. The number of rotatable bonds is 6. The van der Waals surface area contributed by atoms with Crippen LogP contribution in [0.4, 0.5) is 5.69 Å². The van der Waals surface area contributed by atoms with E-state index in [1.807, 2.05) is 19.1 Å². The van der Waals surface area contributed by atoms with Gasteiger partial charge in [-0.25, -0.2) is 4.79 Å². The molecule has 0 aliphatic rings. The average Bonchev–Trinajstić information content (AvgIpc) is 2.75. The molecule has 3 aromatic carbocycles. The van der Waals surface area contributed by atoms with Crippen molar-refractivity contribution in [3.63, 3.8) is 0 Å². The lowest BCUT2D eigenvalue weighted by atomic mass is 9.85. The highest BCUT2D eigenvalue weighted by Crippen LogP contribution is 2.32. The standard InChI is InChI=1S/C26H25Cl2NO4/c1-16-5-12-23(20(13-16)26(2,3)4)32-15-24(30)33-19-9-6-17(7-10-19)25(31)29-22-14-18(27)8-11-21(22)28/h5-14H,15H2,1-4H3,(H,29,31). The van der Waals surface area contributed by atoms with Crippen LogP contribution in [0.3, 0.4) is 0 Å². The first kappa shape index (κ1) is 24.6. The van der Waals surface area contributed by atoms with E-state index in [1.54, 1.807) is 42.5 Å². The predicted octanol–water partition coefficient (Wildman–Crippen LogP) is 6.84. The third-order valence-electron chi connectivity index (χ3n) is 4.81. The Bertz CT molecular complexity index is 1170. The number of halogens is 2. The number of amides is 1. The summed E-state index contributed by atoms with van der Waals surface area (Å²) in [5, 5.41) is 3.54. The van der Waals surface area contributed by atoms with E-state index in [4.69, 9.17) is 32.7 Å². The largest absolute Gasteiger partial charge is 0.482 e. The van der Waals surface area contributed by atoms with Crippen LogP contribution in [0.25, 0.3) is 0 Å². The summed E-state index contributed by atoms with van der Waals surface area (Å²) in [6, 6.07) is 16.8. The molecular formula is C26H25Cl2NO4. The first-order chi connectivity index (χ1) is 15.5. The van der Waals surface area contributed by atoms with Gasteiger partial charge in [0.2, 0.25) is 0 Å². The minimum Gasteiger partial charge on any atom is -0.482 e. The molecule has 3 rings (SSSR count). The second-order valence-corrected chi connectivity index (χ2v) is 9.46. The van der Waals surface area contributed by atoms with Gasteiger partial charge in [0.15, 0.2) is 6.61 Å². The number of carbonyl (C=O) groups excluding carboxylic acids is 2. The zero-order valence-electron chi connectivity index (χ0n) is 18.9. The number of nitrogens with one attached hydrogen (secondary N) is 1. The minimum absolute atomic E-state index is 0.128. The molecule has 7 heteroatoms. The molecule has 0 saturated heterocycles. The van der Waals surface area contributed by atoms with Crippen molar-refractivity contribution in [2.24, 2.45) is 0 Å². The topological polar surface area (TPSA) is 64.6 Å². The summed E-state index contributed by atoms with van der Waals surface area (Å²) < 4.78 is 11.1. The molecule has 0 aliphatic carbocycles. The normalized spacial score (nSPS) is 11.1. The maximum atomic E-state index is 12.5. The van der Waals surface area contributed by atoms with Gasteiger partial charge in [-0.3, -0.25) is 4.79 Å².